The van der Waals surface area contributed by atoms with Crippen molar-refractivity contribution < 1.29 is 68.2 Å². The van der Waals surface area contributed by atoms with Crippen LogP contribution in [0.2, 0.25) is 0 Å². The van der Waals surface area contributed by atoms with Crippen LogP contribution in [0.5, 0.6) is 0 Å². The summed E-state index contributed by atoms with van der Waals surface area (Å²) in [6, 6.07) is 0. The summed E-state index contributed by atoms with van der Waals surface area (Å²) in [5.41, 5.74) is 0. The molecule has 0 bridgehead atoms. The van der Waals surface area contributed by atoms with E-state index in [0.717, 1.165) is 0 Å². The van der Waals surface area contributed by atoms with Crippen LogP contribution in [0.15, 0.2) is 0 Å². The molecule has 0 saturated heterocycles. The van der Waals surface area contributed by atoms with Crippen LogP contribution in [0, 0.1) is 0 Å². The first kappa shape index (κ1) is 22.7. The molecule has 0 spiro atoms. The zero-order chi connectivity index (χ0) is 4.50. The van der Waals surface area contributed by atoms with Crippen LogP contribution in [0.1, 0.15) is 0 Å². The summed E-state index contributed by atoms with van der Waals surface area (Å²) in [6.45, 7) is 0. The Labute approximate surface area is 78.2 Å². The smallest absolute Gasteiger partial charge is 0.759 e. The van der Waals surface area contributed by atoms with E-state index in [1.54, 1.807) is 0 Å². The third-order valence-electron chi connectivity index (χ3n) is 0. The summed E-state index contributed by atoms with van der Waals surface area (Å²) in [5.74, 6) is 0. The fraction of sp³-hybridized carbons (Fsp3) is 0. The summed E-state index contributed by atoms with van der Waals surface area (Å²) in [6.07, 6.45) is 0. The fourth-order valence-corrected chi connectivity index (χ4v) is 0. The van der Waals surface area contributed by atoms with Crippen molar-refractivity contribution in [2.24, 2.45) is 0 Å². The van der Waals surface area contributed by atoms with E-state index in [1.165, 1.54) is 0 Å². The third kappa shape index (κ3) is 154. The minimum absolute atomic E-state index is 0. The molecular formula is FeMnNiO4S. The minimum Gasteiger partial charge on any atom is -0.759 e. The molecule has 0 aromatic rings. The van der Waals surface area contributed by atoms with Crippen molar-refractivity contribution in [1.29, 1.82) is 0 Å². The molecule has 55 valence electrons. The van der Waals surface area contributed by atoms with Crippen molar-refractivity contribution in [1.82, 2.24) is 0 Å². The molecule has 1 radical (unpaired) electrons. The molecular weight excluding hydrogens is 266 g/mol. The Balaban J connectivity index is -0.0000000267. The number of hydrogen-bond donors (Lipinski definition) is 0. The standard InChI is InChI=1S/Fe.Mn.Ni.H2O4S/c;;;1-5(2,3)4/h;;;(H2,1,2,3,4)/q;;+2;/p-2. The molecule has 0 saturated carbocycles. The van der Waals surface area contributed by atoms with Crippen LogP contribution in [0.3, 0.4) is 0 Å². The monoisotopic (exact) mass is 265 g/mol. The molecule has 0 unspecified atom stereocenters. The van der Waals surface area contributed by atoms with Crippen LogP contribution < -0.4 is 0 Å². The van der Waals surface area contributed by atoms with Gasteiger partial charge in [-0.1, -0.05) is 0 Å². The van der Waals surface area contributed by atoms with Crippen LogP contribution in [-0.2, 0) is 61.0 Å². The van der Waals surface area contributed by atoms with Crippen molar-refractivity contribution in [3.05, 3.63) is 0 Å². The predicted molar refractivity (Wildman–Crippen MR) is 10.5 cm³/mol. The SMILES string of the molecule is O=S(=O)([O-])[O-].[Fe].[Mn].[Ni+2]. The van der Waals surface area contributed by atoms with Crippen molar-refractivity contribution in [3.63, 3.8) is 0 Å². The maximum Gasteiger partial charge on any atom is 2.00 e. The first-order valence-corrected chi connectivity index (χ1v) is 2.00. The van der Waals surface area contributed by atoms with Gasteiger partial charge in [0.15, 0.2) is 0 Å². The summed E-state index contributed by atoms with van der Waals surface area (Å²) >= 11 is 0. The van der Waals surface area contributed by atoms with Gasteiger partial charge in [-0.25, -0.2) is 0 Å². The molecule has 0 rings (SSSR count). The molecule has 0 aromatic heterocycles. The zero-order valence-electron chi connectivity index (χ0n) is 3.09. The van der Waals surface area contributed by atoms with Gasteiger partial charge in [-0.15, -0.1) is 0 Å². The van der Waals surface area contributed by atoms with E-state index in [1.807, 2.05) is 0 Å². The quantitative estimate of drug-likeness (QED) is 0.308. The molecule has 0 fully saturated rings. The van der Waals surface area contributed by atoms with E-state index in [9.17, 15) is 0 Å². The Kier molecular flexibility index (Phi) is 23.9. The Morgan fingerprint density at radius 1 is 1.12 bits per heavy atom. The summed E-state index contributed by atoms with van der Waals surface area (Å²) in [4.78, 5) is 0. The molecule has 0 heterocycles. The molecule has 0 amide bonds. The molecule has 4 nitrogen and oxygen atoms in total. The largest absolute Gasteiger partial charge is 2.00 e. The number of hydrogen-bond acceptors (Lipinski definition) is 4. The number of rotatable bonds is 0. The second-order valence-corrected chi connectivity index (χ2v) is 1.22. The molecule has 0 aliphatic rings. The Bertz CT molecular complexity index is 99.2. The van der Waals surface area contributed by atoms with Crippen LogP contribution in [0.4, 0.5) is 0 Å². The van der Waals surface area contributed by atoms with Gasteiger partial charge in [0.1, 0.15) is 0 Å². The van der Waals surface area contributed by atoms with Crippen molar-refractivity contribution in [2.45, 2.75) is 0 Å². The van der Waals surface area contributed by atoms with Gasteiger partial charge in [-0.2, -0.15) is 0 Å². The molecule has 8 heteroatoms. The van der Waals surface area contributed by atoms with Crippen molar-refractivity contribution in [2.75, 3.05) is 0 Å². The summed E-state index contributed by atoms with van der Waals surface area (Å²) < 4.78 is 34.1. The molecule has 0 N–H and O–H groups in total. The first-order valence-electron chi connectivity index (χ1n) is 0.667. The van der Waals surface area contributed by atoms with E-state index in [0.29, 0.717) is 0 Å². The molecule has 0 aliphatic carbocycles. The van der Waals surface area contributed by atoms with Gasteiger partial charge in [0.25, 0.3) is 0 Å². The van der Waals surface area contributed by atoms with Gasteiger partial charge in [0.05, 0.1) is 0 Å². The fourth-order valence-electron chi connectivity index (χ4n) is 0. The van der Waals surface area contributed by atoms with E-state index in [4.69, 9.17) is 17.5 Å². The van der Waals surface area contributed by atoms with Gasteiger partial charge in [-0.3, -0.25) is 8.42 Å². The molecule has 0 atom stereocenters. The zero-order valence-corrected chi connectivity index (χ0v) is 7.18. The van der Waals surface area contributed by atoms with Crippen LogP contribution in [-0.4, -0.2) is 17.5 Å². The molecule has 0 aromatic carbocycles. The topological polar surface area (TPSA) is 80.3 Å². The second-order valence-electron chi connectivity index (χ2n) is 0.408. The third-order valence-corrected chi connectivity index (χ3v) is 0. The van der Waals surface area contributed by atoms with Gasteiger partial charge >= 0.3 is 16.5 Å². The maximum absolute atomic E-state index is 8.52. The summed E-state index contributed by atoms with van der Waals surface area (Å²) in [5, 5.41) is 0. The van der Waals surface area contributed by atoms with Crippen molar-refractivity contribution in [3.8, 4) is 0 Å². The van der Waals surface area contributed by atoms with Gasteiger partial charge in [0.2, 0.25) is 0 Å². The van der Waals surface area contributed by atoms with Crippen LogP contribution >= 0.6 is 0 Å². The van der Waals surface area contributed by atoms with Gasteiger partial charge in [0, 0.05) is 44.5 Å². The summed E-state index contributed by atoms with van der Waals surface area (Å²) in [7, 11) is -5.17. The Morgan fingerprint density at radius 2 is 1.12 bits per heavy atom. The maximum atomic E-state index is 8.52. The molecule has 0 aliphatic heterocycles. The van der Waals surface area contributed by atoms with Crippen molar-refractivity contribution >= 4 is 10.4 Å². The average Bonchev–Trinajstić information content (AvgIpc) is 0.722. The first-order chi connectivity index (χ1) is 2.00. The van der Waals surface area contributed by atoms with E-state index >= 15 is 0 Å². The van der Waals surface area contributed by atoms with E-state index < -0.39 is 10.4 Å². The normalized spacial score (nSPS) is 7.25. The van der Waals surface area contributed by atoms with Gasteiger partial charge in [-0.05, 0) is 0 Å². The Morgan fingerprint density at radius 3 is 1.12 bits per heavy atom. The Hall–Kier alpha value is 1.40. The molecule has 8 heavy (non-hydrogen) atoms. The second kappa shape index (κ2) is 8.40. The predicted octanol–water partition coefficient (Wildman–Crippen LogP) is -1.35. The average molecular weight is 266 g/mol. The van der Waals surface area contributed by atoms with Crippen LogP contribution in [0.25, 0.3) is 0 Å². The van der Waals surface area contributed by atoms with E-state index in [2.05, 4.69) is 0 Å². The minimum atomic E-state index is -5.17. The van der Waals surface area contributed by atoms with Gasteiger partial charge < -0.3 is 9.11 Å². The van der Waals surface area contributed by atoms with E-state index in [-0.39, 0.29) is 50.6 Å².